The van der Waals surface area contributed by atoms with Crippen molar-refractivity contribution in [2.24, 2.45) is 5.73 Å². The van der Waals surface area contributed by atoms with Crippen molar-refractivity contribution in [3.8, 4) is 17.2 Å². The number of primary amides is 1. The maximum Gasteiger partial charge on any atom is 0.255 e. The molecular formula is C21H25N3O6. The molecule has 2 rings (SSSR count). The van der Waals surface area contributed by atoms with Crippen molar-refractivity contribution in [2.45, 2.75) is 13.3 Å². The Kier molecular flexibility index (Phi) is 8.04. The maximum atomic E-state index is 12.7. The second-order valence-electron chi connectivity index (χ2n) is 6.26. The van der Waals surface area contributed by atoms with Crippen molar-refractivity contribution >= 4 is 23.4 Å². The standard InChI is InChI=1S/C21H25N3O6/c1-4-8-23-20(26)13-6-5-7-15(9-13)24-21(27)14-10-16(28-2)19(17(11-14)29-3)30-12-18(22)25/h5-7,9-11H,4,8,12H2,1-3H3,(H2,22,25)(H,23,26)(H,24,27). The van der Waals surface area contributed by atoms with Gasteiger partial charge >= 0.3 is 0 Å². The second-order valence-corrected chi connectivity index (χ2v) is 6.26. The van der Waals surface area contributed by atoms with Gasteiger partial charge in [0.1, 0.15) is 0 Å². The Hall–Kier alpha value is -3.75. The molecule has 0 aliphatic rings. The van der Waals surface area contributed by atoms with E-state index in [1.807, 2.05) is 6.92 Å². The third-order valence-corrected chi connectivity index (χ3v) is 4.00. The zero-order chi connectivity index (χ0) is 22.1. The van der Waals surface area contributed by atoms with E-state index in [1.165, 1.54) is 26.4 Å². The van der Waals surface area contributed by atoms with Gasteiger partial charge < -0.3 is 30.6 Å². The van der Waals surface area contributed by atoms with Crippen molar-refractivity contribution in [2.75, 3.05) is 32.7 Å². The minimum atomic E-state index is -0.663. The van der Waals surface area contributed by atoms with Gasteiger partial charge in [-0.05, 0) is 36.8 Å². The largest absolute Gasteiger partial charge is 0.493 e. The lowest BCUT2D eigenvalue weighted by Crippen LogP contribution is -2.24. The molecule has 0 bridgehead atoms. The van der Waals surface area contributed by atoms with Gasteiger partial charge in [-0.25, -0.2) is 0 Å². The highest BCUT2D eigenvalue weighted by molar-refractivity contribution is 6.06. The number of nitrogens with two attached hydrogens (primary N) is 1. The normalized spacial score (nSPS) is 10.1. The number of carbonyl (C=O) groups excluding carboxylic acids is 3. The number of rotatable bonds is 10. The smallest absolute Gasteiger partial charge is 0.255 e. The van der Waals surface area contributed by atoms with E-state index < -0.39 is 11.8 Å². The Morgan fingerprint density at radius 2 is 1.63 bits per heavy atom. The van der Waals surface area contributed by atoms with Crippen LogP contribution < -0.4 is 30.6 Å². The summed E-state index contributed by atoms with van der Waals surface area (Å²) in [6, 6.07) is 9.50. The molecule has 0 spiro atoms. The molecule has 0 aliphatic heterocycles. The zero-order valence-electron chi connectivity index (χ0n) is 17.1. The predicted molar refractivity (Wildman–Crippen MR) is 111 cm³/mol. The summed E-state index contributed by atoms with van der Waals surface area (Å²) in [6.07, 6.45) is 0.824. The topological polar surface area (TPSA) is 129 Å². The van der Waals surface area contributed by atoms with Crippen LogP contribution in [-0.4, -0.2) is 45.1 Å². The number of benzene rings is 2. The van der Waals surface area contributed by atoms with Crippen molar-refractivity contribution < 1.29 is 28.6 Å². The molecule has 0 atom stereocenters. The maximum absolute atomic E-state index is 12.7. The van der Waals surface area contributed by atoms with Gasteiger partial charge in [-0.2, -0.15) is 0 Å². The van der Waals surface area contributed by atoms with E-state index in [2.05, 4.69) is 10.6 Å². The van der Waals surface area contributed by atoms with E-state index in [0.29, 0.717) is 17.8 Å². The first-order valence-corrected chi connectivity index (χ1v) is 9.26. The SMILES string of the molecule is CCCNC(=O)c1cccc(NC(=O)c2cc(OC)c(OCC(N)=O)c(OC)c2)c1. The first-order valence-electron chi connectivity index (χ1n) is 9.26. The number of hydrogen-bond donors (Lipinski definition) is 3. The van der Waals surface area contributed by atoms with Gasteiger partial charge in [-0.3, -0.25) is 14.4 Å². The van der Waals surface area contributed by atoms with Gasteiger partial charge in [0.05, 0.1) is 14.2 Å². The molecule has 0 fully saturated rings. The summed E-state index contributed by atoms with van der Waals surface area (Å²) in [6.45, 7) is 2.16. The zero-order valence-corrected chi connectivity index (χ0v) is 17.1. The van der Waals surface area contributed by atoms with Gasteiger partial charge in [0, 0.05) is 23.4 Å². The molecule has 30 heavy (non-hydrogen) atoms. The van der Waals surface area contributed by atoms with Crippen LogP contribution in [0.15, 0.2) is 36.4 Å². The van der Waals surface area contributed by atoms with Crippen molar-refractivity contribution in [1.29, 1.82) is 0 Å². The summed E-state index contributed by atoms with van der Waals surface area (Å²) in [5, 5.41) is 5.52. The van der Waals surface area contributed by atoms with E-state index in [9.17, 15) is 14.4 Å². The summed E-state index contributed by atoms with van der Waals surface area (Å²) >= 11 is 0. The average Bonchev–Trinajstić information content (AvgIpc) is 2.75. The molecule has 0 aromatic heterocycles. The van der Waals surface area contributed by atoms with Gasteiger partial charge in [0.25, 0.3) is 17.7 Å². The number of anilines is 1. The van der Waals surface area contributed by atoms with Crippen molar-refractivity contribution in [3.63, 3.8) is 0 Å². The Morgan fingerprint density at radius 3 is 2.20 bits per heavy atom. The quantitative estimate of drug-likeness (QED) is 0.544. The van der Waals surface area contributed by atoms with Crippen LogP contribution in [0.2, 0.25) is 0 Å². The van der Waals surface area contributed by atoms with E-state index in [1.54, 1.807) is 24.3 Å². The molecule has 0 aliphatic carbocycles. The third kappa shape index (κ3) is 5.87. The minimum absolute atomic E-state index is 0.157. The minimum Gasteiger partial charge on any atom is -0.493 e. The van der Waals surface area contributed by atoms with Crippen molar-refractivity contribution in [1.82, 2.24) is 5.32 Å². The van der Waals surface area contributed by atoms with Crippen LogP contribution in [0.3, 0.4) is 0 Å². The number of nitrogens with one attached hydrogen (secondary N) is 2. The molecule has 9 nitrogen and oxygen atoms in total. The number of methoxy groups -OCH3 is 2. The lowest BCUT2D eigenvalue weighted by atomic mass is 10.1. The molecule has 9 heteroatoms. The van der Waals surface area contributed by atoms with Crippen LogP contribution in [0.5, 0.6) is 17.2 Å². The summed E-state index contributed by atoms with van der Waals surface area (Å²) in [4.78, 5) is 35.9. The van der Waals surface area contributed by atoms with E-state index in [-0.39, 0.29) is 35.3 Å². The van der Waals surface area contributed by atoms with Crippen LogP contribution in [0, 0.1) is 0 Å². The molecule has 4 N–H and O–H groups in total. The Bertz CT molecular complexity index is 904. The monoisotopic (exact) mass is 415 g/mol. The van der Waals surface area contributed by atoms with Gasteiger partial charge in [-0.1, -0.05) is 13.0 Å². The van der Waals surface area contributed by atoms with Crippen LogP contribution in [0.25, 0.3) is 0 Å². The van der Waals surface area contributed by atoms with E-state index in [4.69, 9.17) is 19.9 Å². The highest BCUT2D eigenvalue weighted by Crippen LogP contribution is 2.38. The van der Waals surface area contributed by atoms with Gasteiger partial charge in [-0.15, -0.1) is 0 Å². The molecule has 0 heterocycles. The highest BCUT2D eigenvalue weighted by Gasteiger charge is 2.19. The highest BCUT2D eigenvalue weighted by atomic mass is 16.5. The summed E-state index contributed by atoms with van der Waals surface area (Å²) in [7, 11) is 2.79. The third-order valence-electron chi connectivity index (χ3n) is 4.00. The summed E-state index contributed by atoms with van der Waals surface area (Å²) in [5.41, 5.74) is 6.23. The number of amides is 3. The molecule has 160 valence electrons. The fourth-order valence-corrected chi connectivity index (χ4v) is 2.58. The molecular weight excluding hydrogens is 390 g/mol. The Morgan fingerprint density at radius 1 is 0.967 bits per heavy atom. The van der Waals surface area contributed by atoms with E-state index >= 15 is 0 Å². The van der Waals surface area contributed by atoms with Crippen LogP contribution in [0.1, 0.15) is 34.1 Å². The lowest BCUT2D eigenvalue weighted by Gasteiger charge is -2.15. The summed E-state index contributed by atoms with van der Waals surface area (Å²) in [5.74, 6) is -0.762. The van der Waals surface area contributed by atoms with Crippen LogP contribution in [-0.2, 0) is 4.79 Å². The second kappa shape index (κ2) is 10.7. The molecule has 0 unspecified atom stereocenters. The van der Waals surface area contributed by atoms with E-state index in [0.717, 1.165) is 6.42 Å². The summed E-state index contributed by atoms with van der Waals surface area (Å²) < 4.78 is 15.9. The van der Waals surface area contributed by atoms with Gasteiger partial charge in [0.2, 0.25) is 5.75 Å². The number of hydrogen-bond acceptors (Lipinski definition) is 6. The molecule has 2 aromatic carbocycles. The average molecular weight is 415 g/mol. The van der Waals surface area contributed by atoms with Crippen molar-refractivity contribution in [3.05, 3.63) is 47.5 Å². The Balaban J connectivity index is 2.24. The van der Waals surface area contributed by atoms with Crippen LogP contribution in [0.4, 0.5) is 5.69 Å². The first-order chi connectivity index (χ1) is 14.4. The fraction of sp³-hybridized carbons (Fsp3) is 0.286. The molecule has 3 amide bonds. The van der Waals surface area contributed by atoms with Gasteiger partial charge in [0.15, 0.2) is 18.1 Å². The predicted octanol–water partition coefficient (Wildman–Crippen LogP) is 1.96. The fourth-order valence-electron chi connectivity index (χ4n) is 2.58. The molecule has 0 saturated carbocycles. The lowest BCUT2D eigenvalue weighted by molar-refractivity contribution is -0.120. The first kappa shape index (κ1) is 22.5. The Labute approximate surface area is 174 Å². The molecule has 0 saturated heterocycles. The molecule has 2 aromatic rings. The number of carbonyl (C=O) groups is 3. The van der Waals surface area contributed by atoms with Crippen LogP contribution >= 0.6 is 0 Å². The number of ether oxygens (including phenoxy) is 3. The molecule has 0 radical (unpaired) electrons.